The Morgan fingerprint density at radius 2 is 1.94 bits per heavy atom. The Balaban J connectivity index is 1.33. The second-order valence-electron chi connectivity index (χ2n) is 8.27. The number of nitrogens with one attached hydrogen (secondary N) is 1. The molecule has 1 N–H and O–H groups in total. The van der Waals surface area contributed by atoms with E-state index in [1.54, 1.807) is 36.9 Å². The predicted molar refractivity (Wildman–Crippen MR) is 124 cm³/mol. The summed E-state index contributed by atoms with van der Waals surface area (Å²) in [6, 6.07) is 9.00. The Morgan fingerprint density at radius 3 is 2.73 bits per heavy atom. The van der Waals surface area contributed by atoms with Gasteiger partial charge in [-0.25, -0.2) is 0 Å². The van der Waals surface area contributed by atoms with E-state index < -0.39 is 0 Å². The van der Waals surface area contributed by atoms with Crippen LogP contribution in [0.1, 0.15) is 44.9 Å². The van der Waals surface area contributed by atoms with Crippen LogP contribution in [0.15, 0.2) is 30.3 Å². The largest absolute Gasteiger partial charge is 0.497 e. The highest BCUT2D eigenvalue weighted by Gasteiger charge is 2.16. The summed E-state index contributed by atoms with van der Waals surface area (Å²) in [6.07, 6.45) is 8.03. The van der Waals surface area contributed by atoms with Gasteiger partial charge in [-0.1, -0.05) is 32.1 Å². The van der Waals surface area contributed by atoms with Crippen molar-refractivity contribution in [3.05, 3.63) is 30.3 Å². The SMILES string of the molecule is COc1ccc(-c2nnc3ccc(OCCNC(=O)CCC4CCCCC4)nn23)c(OC)c1. The number of hydrogen-bond donors (Lipinski definition) is 1. The molecule has 2 heterocycles. The molecular weight excluding hydrogens is 422 g/mol. The molecule has 3 aromatic rings. The number of nitrogens with zero attached hydrogens (tertiary/aromatic N) is 4. The monoisotopic (exact) mass is 453 g/mol. The van der Waals surface area contributed by atoms with E-state index in [0.717, 1.165) is 12.0 Å². The molecule has 0 saturated heterocycles. The zero-order chi connectivity index (χ0) is 23.0. The molecule has 1 saturated carbocycles. The first-order valence-electron chi connectivity index (χ1n) is 11.5. The number of methoxy groups -OCH3 is 2. The second kappa shape index (κ2) is 11.0. The number of aromatic nitrogens is 4. The lowest BCUT2D eigenvalue weighted by Gasteiger charge is -2.20. The summed E-state index contributed by atoms with van der Waals surface area (Å²) < 4.78 is 18.1. The van der Waals surface area contributed by atoms with E-state index in [0.29, 0.717) is 54.3 Å². The molecule has 1 amide bonds. The smallest absolute Gasteiger partial charge is 0.231 e. The van der Waals surface area contributed by atoms with Gasteiger partial charge >= 0.3 is 0 Å². The van der Waals surface area contributed by atoms with Gasteiger partial charge in [0.05, 0.1) is 26.3 Å². The number of hydrogen-bond acceptors (Lipinski definition) is 7. The van der Waals surface area contributed by atoms with Gasteiger partial charge in [-0.05, 0) is 30.5 Å². The van der Waals surface area contributed by atoms with E-state index in [9.17, 15) is 4.79 Å². The van der Waals surface area contributed by atoms with Crippen LogP contribution in [-0.4, -0.2) is 53.1 Å². The first-order valence-corrected chi connectivity index (χ1v) is 11.5. The van der Waals surface area contributed by atoms with Gasteiger partial charge in [0.25, 0.3) is 0 Å². The average Bonchev–Trinajstić information content (AvgIpc) is 3.28. The fourth-order valence-electron chi connectivity index (χ4n) is 4.25. The third-order valence-electron chi connectivity index (χ3n) is 6.07. The Hall–Kier alpha value is -3.36. The predicted octanol–water partition coefficient (Wildman–Crippen LogP) is 3.66. The van der Waals surface area contributed by atoms with Crippen LogP contribution in [0, 0.1) is 5.92 Å². The van der Waals surface area contributed by atoms with E-state index in [1.165, 1.54) is 32.1 Å². The molecule has 2 aromatic heterocycles. The van der Waals surface area contributed by atoms with Crippen LogP contribution in [0.4, 0.5) is 0 Å². The lowest BCUT2D eigenvalue weighted by Crippen LogP contribution is -2.28. The van der Waals surface area contributed by atoms with Crippen molar-refractivity contribution in [3.8, 4) is 28.8 Å². The highest BCUT2D eigenvalue weighted by Crippen LogP contribution is 2.32. The van der Waals surface area contributed by atoms with Crippen LogP contribution in [-0.2, 0) is 4.79 Å². The van der Waals surface area contributed by atoms with Crippen molar-refractivity contribution in [1.82, 2.24) is 25.1 Å². The highest BCUT2D eigenvalue weighted by atomic mass is 16.5. The van der Waals surface area contributed by atoms with Crippen LogP contribution in [0.5, 0.6) is 17.4 Å². The summed E-state index contributed by atoms with van der Waals surface area (Å²) in [4.78, 5) is 12.1. The molecule has 176 valence electrons. The molecule has 0 atom stereocenters. The summed E-state index contributed by atoms with van der Waals surface area (Å²) in [7, 11) is 3.19. The zero-order valence-corrected chi connectivity index (χ0v) is 19.2. The van der Waals surface area contributed by atoms with Gasteiger partial charge < -0.3 is 19.5 Å². The molecule has 1 aromatic carbocycles. The zero-order valence-electron chi connectivity index (χ0n) is 19.2. The summed E-state index contributed by atoms with van der Waals surface area (Å²) >= 11 is 0. The quantitative estimate of drug-likeness (QED) is 0.468. The summed E-state index contributed by atoms with van der Waals surface area (Å²) in [5.74, 6) is 3.03. The second-order valence-corrected chi connectivity index (χ2v) is 8.27. The molecular formula is C24H31N5O4. The van der Waals surface area contributed by atoms with Crippen LogP contribution in [0.2, 0.25) is 0 Å². The van der Waals surface area contributed by atoms with Crippen molar-refractivity contribution in [3.63, 3.8) is 0 Å². The number of benzene rings is 1. The summed E-state index contributed by atoms with van der Waals surface area (Å²) in [5.41, 5.74) is 1.33. The first-order chi connectivity index (χ1) is 16.2. The molecule has 9 heteroatoms. The molecule has 0 aliphatic heterocycles. The molecule has 4 rings (SSSR count). The lowest BCUT2D eigenvalue weighted by atomic mass is 9.86. The van der Waals surface area contributed by atoms with Crippen molar-refractivity contribution in [1.29, 1.82) is 0 Å². The van der Waals surface area contributed by atoms with Gasteiger partial charge in [0, 0.05) is 18.6 Å². The molecule has 9 nitrogen and oxygen atoms in total. The minimum absolute atomic E-state index is 0.0836. The Morgan fingerprint density at radius 1 is 1.09 bits per heavy atom. The minimum Gasteiger partial charge on any atom is -0.497 e. The van der Waals surface area contributed by atoms with Crippen LogP contribution in [0.25, 0.3) is 17.0 Å². The van der Waals surface area contributed by atoms with Crippen molar-refractivity contribution in [2.75, 3.05) is 27.4 Å². The van der Waals surface area contributed by atoms with Gasteiger partial charge in [0.1, 0.15) is 18.1 Å². The van der Waals surface area contributed by atoms with E-state index in [2.05, 4.69) is 20.6 Å². The molecule has 0 radical (unpaired) electrons. The van der Waals surface area contributed by atoms with Crippen LogP contribution < -0.4 is 19.5 Å². The Labute approximate surface area is 193 Å². The molecule has 1 aliphatic rings. The maximum atomic E-state index is 12.1. The van der Waals surface area contributed by atoms with Crippen molar-refractivity contribution in [2.24, 2.45) is 5.92 Å². The average molecular weight is 454 g/mol. The number of amides is 1. The standard InChI is InChI=1S/C24H31N5O4/c1-31-18-9-10-19(20(16-18)32-2)24-27-26-21-11-13-23(28-29(21)24)33-15-14-25-22(30)12-8-17-6-4-3-5-7-17/h9-11,13,16-17H,3-8,12,14-15H2,1-2H3,(H,25,30). The number of carbonyl (C=O) groups is 1. The van der Waals surface area contributed by atoms with E-state index in [1.807, 2.05) is 12.1 Å². The van der Waals surface area contributed by atoms with Crippen molar-refractivity contribution >= 4 is 11.6 Å². The molecule has 1 fully saturated rings. The van der Waals surface area contributed by atoms with Crippen molar-refractivity contribution < 1.29 is 19.0 Å². The third kappa shape index (κ3) is 5.71. The fourth-order valence-corrected chi connectivity index (χ4v) is 4.25. The van der Waals surface area contributed by atoms with Crippen LogP contribution in [0.3, 0.4) is 0 Å². The topological polar surface area (TPSA) is 99.9 Å². The van der Waals surface area contributed by atoms with Gasteiger partial charge in [-0.2, -0.15) is 4.52 Å². The molecule has 0 spiro atoms. The number of carbonyl (C=O) groups excluding carboxylic acids is 1. The maximum Gasteiger partial charge on any atom is 0.231 e. The Kier molecular flexibility index (Phi) is 7.59. The molecule has 1 aliphatic carbocycles. The van der Waals surface area contributed by atoms with Gasteiger partial charge in [0.15, 0.2) is 11.5 Å². The summed E-state index contributed by atoms with van der Waals surface area (Å²) in [6.45, 7) is 0.765. The highest BCUT2D eigenvalue weighted by molar-refractivity contribution is 5.75. The third-order valence-corrected chi connectivity index (χ3v) is 6.07. The van der Waals surface area contributed by atoms with E-state index in [-0.39, 0.29) is 5.91 Å². The lowest BCUT2D eigenvalue weighted by molar-refractivity contribution is -0.121. The van der Waals surface area contributed by atoms with E-state index in [4.69, 9.17) is 14.2 Å². The minimum atomic E-state index is 0.0836. The van der Waals surface area contributed by atoms with Gasteiger partial charge in [0.2, 0.25) is 11.8 Å². The summed E-state index contributed by atoms with van der Waals surface area (Å²) in [5, 5.41) is 15.9. The van der Waals surface area contributed by atoms with Crippen LogP contribution >= 0.6 is 0 Å². The maximum absolute atomic E-state index is 12.1. The normalized spacial score (nSPS) is 14.2. The number of rotatable bonds is 10. The number of fused-ring (bicyclic) bond motifs is 1. The first kappa shape index (κ1) is 22.8. The van der Waals surface area contributed by atoms with Gasteiger partial charge in [-0.15, -0.1) is 15.3 Å². The Bertz CT molecular complexity index is 1080. The van der Waals surface area contributed by atoms with E-state index >= 15 is 0 Å². The van der Waals surface area contributed by atoms with Gasteiger partial charge in [-0.3, -0.25) is 4.79 Å². The fraction of sp³-hybridized carbons (Fsp3) is 0.500. The van der Waals surface area contributed by atoms with Crippen molar-refractivity contribution in [2.45, 2.75) is 44.9 Å². The molecule has 0 unspecified atom stereocenters. The number of ether oxygens (including phenoxy) is 3. The molecule has 0 bridgehead atoms. The molecule has 33 heavy (non-hydrogen) atoms.